The second kappa shape index (κ2) is 19.4. The first-order chi connectivity index (χ1) is 26.4. The van der Waals surface area contributed by atoms with Gasteiger partial charge in [-0.3, -0.25) is 24.3 Å². The Balaban J connectivity index is 1.26. The van der Waals surface area contributed by atoms with E-state index in [0.717, 1.165) is 43.4 Å². The Morgan fingerprint density at radius 3 is 2.33 bits per heavy atom. The number of rotatable bonds is 19. The number of nitrogens with zero attached hydrogens (tertiary/aromatic N) is 3. The average molecular weight is 764 g/mol. The van der Waals surface area contributed by atoms with Crippen molar-refractivity contribution in [2.24, 2.45) is 23.7 Å². The lowest BCUT2D eigenvalue weighted by atomic mass is 9.89. The van der Waals surface area contributed by atoms with Crippen molar-refractivity contribution in [3.05, 3.63) is 53.9 Å². The Kier molecular flexibility index (Phi) is 14.9. The summed E-state index contributed by atoms with van der Waals surface area (Å²) in [5.41, 5.74) is 1.89. The molecule has 3 fully saturated rings. The maximum atomic E-state index is 14.3. The van der Waals surface area contributed by atoms with Gasteiger partial charge >= 0.3 is 0 Å². The van der Waals surface area contributed by atoms with Gasteiger partial charge in [0.1, 0.15) is 6.04 Å². The number of fused-ring (bicyclic) bond motifs is 2. The lowest BCUT2D eigenvalue weighted by Crippen LogP contribution is -2.59. The number of aromatic nitrogens is 2. The van der Waals surface area contributed by atoms with Gasteiger partial charge in [0.25, 0.3) is 0 Å². The van der Waals surface area contributed by atoms with E-state index in [9.17, 15) is 19.2 Å². The summed E-state index contributed by atoms with van der Waals surface area (Å²) in [5, 5.41) is 16.9. The largest absolute Gasteiger partial charge is 0.379 e. The van der Waals surface area contributed by atoms with Gasteiger partial charge in [0.05, 0.1) is 54.4 Å². The maximum Gasteiger partial charge on any atom is 0.245 e. The third-order valence-corrected chi connectivity index (χ3v) is 12.6. The van der Waals surface area contributed by atoms with Crippen molar-refractivity contribution < 1.29 is 28.7 Å². The van der Waals surface area contributed by atoms with Crippen LogP contribution in [0.3, 0.4) is 0 Å². The number of nitrogens with one attached hydrogen (secondary N) is 4. The zero-order chi connectivity index (χ0) is 39.8. The van der Waals surface area contributed by atoms with E-state index >= 15 is 0 Å². The van der Waals surface area contributed by atoms with E-state index in [2.05, 4.69) is 40.0 Å². The van der Waals surface area contributed by atoms with Gasteiger partial charge in [-0.15, -0.1) is 0 Å². The van der Waals surface area contributed by atoms with Crippen molar-refractivity contribution in [2.45, 2.75) is 134 Å². The number of amides is 4. The Labute approximate surface area is 327 Å². The molecule has 0 radical (unpaired) electrons. The molecule has 11 atom stereocenters. The van der Waals surface area contributed by atoms with Gasteiger partial charge in [0, 0.05) is 40.1 Å². The minimum Gasteiger partial charge on any atom is -0.379 e. The summed E-state index contributed by atoms with van der Waals surface area (Å²) in [5.74, 6) is -0.958. The number of H-pyrrole nitrogens is 1. The van der Waals surface area contributed by atoms with Crippen LogP contribution in [0.1, 0.15) is 96.9 Å². The highest BCUT2D eigenvalue weighted by molar-refractivity contribution is 5.90. The minimum atomic E-state index is -0.711. The number of carbonyl (C=O) groups excluding carboxylic acids is 4. The summed E-state index contributed by atoms with van der Waals surface area (Å²) >= 11 is 0. The number of likely N-dealkylation sites (tertiary alicyclic amines) is 1. The van der Waals surface area contributed by atoms with E-state index in [0.29, 0.717) is 31.3 Å². The molecule has 3 heterocycles. The number of benzene rings is 1. The lowest BCUT2D eigenvalue weighted by molar-refractivity contribution is -0.147. The summed E-state index contributed by atoms with van der Waals surface area (Å²) in [6, 6.07) is 10.2. The maximum absolute atomic E-state index is 14.3. The summed E-state index contributed by atoms with van der Waals surface area (Å²) in [4.78, 5) is 59.4. The molecule has 4 N–H and O–H groups in total. The molecule has 4 amide bonds. The van der Waals surface area contributed by atoms with Crippen LogP contribution in [0.25, 0.3) is 0 Å². The predicted molar refractivity (Wildman–Crippen MR) is 211 cm³/mol. The van der Waals surface area contributed by atoms with Crippen molar-refractivity contribution in [1.29, 1.82) is 0 Å². The first kappa shape index (κ1) is 42.3. The van der Waals surface area contributed by atoms with Crippen molar-refractivity contribution in [2.75, 3.05) is 27.8 Å². The second-order valence-electron chi connectivity index (χ2n) is 16.5. The van der Waals surface area contributed by atoms with E-state index in [1.807, 2.05) is 62.1 Å². The highest BCUT2D eigenvalue weighted by atomic mass is 16.5. The molecular formula is C42H65N7O6. The Morgan fingerprint density at radius 2 is 1.75 bits per heavy atom. The Bertz CT molecular complexity index is 1560. The third-order valence-electron chi connectivity index (χ3n) is 12.6. The number of carbonyl (C=O) groups is 4. The summed E-state index contributed by atoms with van der Waals surface area (Å²) in [6.45, 7) is 10.4. The standard InChI is InChI=1S/C42H65N7O6/c1-9-26(4)38(48(6)42(53)36(25(2)3)46-41(52)37-29-17-18-30(23-29)44-37)34(54-7)24-35(50)49-21-13-16-33(49)39(55-8)27(5)40(51)45-32(31-19-20-43-47-31)22-28-14-11-10-12-15-28/h10-12,14-15,19-20,25-27,29-30,32-34,36-39,44H,9,13,16-18,21-24H2,1-8H3,(H,43,47)(H,45,51)(H,46,52)/t26?,27?,29-,30+,32?,33-,34?,36?,37-,38?,39?/m0/s1. The van der Waals surface area contributed by atoms with Crippen LogP contribution < -0.4 is 16.0 Å². The van der Waals surface area contributed by atoms with Crippen LogP contribution in [0, 0.1) is 23.7 Å². The first-order valence-electron chi connectivity index (χ1n) is 20.4. The van der Waals surface area contributed by atoms with E-state index in [1.165, 1.54) is 0 Å². The van der Waals surface area contributed by atoms with E-state index < -0.39 is 30.2 Å². The summed E-state index contributed by atoms with van der Waals surface area (Å²) in [7, 11) is 4.95. The fraction of sp³-hybridized carbons (Fsp3) is 0.690. The smallest absolute Gasteiger partial charge is 0.245 e. The van der Waals surface area contributed by atoms with Gasteiger partial charge < -0.3 is 35.2 Å². The fourth-order valence-corrected chi connectivity index (χ4v) is 9.28. The first-order valence-corrected chi connectivity index (χ1v) is 20.4. The van der Waals surface area contributed by atoms with Crippen LogP contribution in [0.15, 0.2) is 42.6 Å². The van der Waals surface area contributed by atoms with Crippen molar-refractivity contribution in [3.8, 4) is 0 Å². The zero-order valence-corrected chi connectivity index (χ0v) is 34.1. The molecule has 1 aromatic carbocycles. The molecule has 1 aromatic heterocycles. The van der Waals surface area contributed by atoms with Crippen LogP contribution in [0.5, 0.6) is 0 Å². The molecule has 7 unspecified atom stereocenters. The molecule has 0 spiro atoms. The van der Waals surface area contributed by atoms with Crippen LogP contribution in [-0.2, 0) is 35.1 Å². The molecule has 5 rings (SSSR count). The lowest BCUT2D eigenvalue weighted by Gasteiger charge is -2.41. The molecular weight excluding hydrogens is 699 g/mol. The van der Waals surface area contributed by atoms with Crippen LogP contribution >= 0.6 is 0 Å². The van der Waals surface area contributed by atoms with E-state index in [4.69, 9.17) is 9.47 Å². The minimum absolute atomic E-state index is 0.00553. The fourth-order valence-electron chi connectivity index (χ4n) is 9.28. The topological polar surface area (TPSA) is 158 Å². The van der Waals surface area contributed by atoms with Crippen LogP contribution in [0.2, 0.25) is 0 Å². The molecule has 13 nitrogen and oxygen atoms in total. The van der Waals surface area contributed by atoms with Gasteiger partial charge in [-0.05, 0) is 67.9 Å². The highest BCUT2D eigenvalue weighted by Crippen LogP contribution is 2.35. The number of piperidine rings is 1. The molecule has 1 saturated carbocycles. The molecule has 1 aliphatic carbocycles. The molecule has 13 heteroatoms. The van der Waals surface area contributed by atoms with Crippen molar-refractivity contribution in [1.82, 2.24) is 35.9 Å². The van der Waals surface area contributed by atoms with Crippen molar-refractivity contribution in [3.63, 3.8) is 0 Å². The number of likely N-dealkylation sites (N-methyl/N-ethyl adjacent to an activating group) is 1. The van der Waals surface area contributed by atoms with Gasteiger partial charge in [0.15, 0.2) is 0 Å². The summed E-state index contributed by atoms with van der Waals surface area (Å²) < 4.78 is 12.1. The number of hydrogen-bond acceptors (Lipinski definition) is 8. The molecule has 2 aromatic rings. The summed E-state index contributed by atoms with van der Waals surface area (Å²) in [6.07, 6.45) is 6.57. The number of aromatic amines is 1. The van der Waals surface area contributed by atoms with Crippen LogP contribution in [0.4, 0.5) is 0 Å². The third kappa shape index (κ3) is 9.96. The van der Waals surface area contributed by atoms with Gasteiger partial charge in [-0.2, -0.15) is 5.10 Å². The number of methoxy groups -OCH3 is 2. The SMILES string of the molecule is CCC(C)C(C(CC(=O)N1CCC[C@H]1C(OC)C(C)C(=O)NC(Cc1ccccc1)c1ccn[nH]1)OC)N(C)C(=O)C(NC(=O)[C@H]1N[C@@H]2CC[C@H]1C2)C(C)C. The Morgan fingerprint density at radius 1 is 1.00 bits per heavy atom. The Hall–Kier alpha value is -3.81. The van der Waals surface area contributed by atoms with Crippen LogP contribution in [-0.4, -0.2) is 114 Å². The zero-order valence-electron chi connectivity index (χ0n) is 34.1. The normalized spacial score (nSPS) is 24.5. The molecule has 304 valence electrons. The van der Waals surface area contributed by atoms with Gasteiger partial charge in [0.2, 0.25) is 23.6 Å². The molecule has 2 aliphatic heterocycles. The van der Waals surface area contributed by atoms with E-state index in [-0.39, 0.29) is 60.0 Å². The van der Waals surface area contributed by atoms with E-state index in [1.54, 1.807) is 32.4 Å². The predicted octanol–water partition coefficient (Wildman–Crippen LogP) is 4.01. The average Bonchev–Trinajstić information content (AvgIpc) is 4.03. The van der Waals surface area contributed by atoms with Gasteiger partial charge in [-0.25, -0.2) is 0 Å². The molecule has 55 heavy (non-hydrogen) atoms. The monoisotopic (exact) mass is 763 g/mol. The molecule has 3 aliphatic rings. The number of hydrogen-bond donors (Lipinski definition) is 4. The highest BCUT2D eigenvalue weighted by Gasteiger charge is 2.46. The number of ether oxygens (including phenoxy) is 2. The molecule has 2 bridgehead atoms. The molecule has 2 saturated heterocycles. The van der Waals surface area contributed by atoms with Gasteiger partial charge in [-0.1, -0.05) is 71.4 Å². The van der Waals surface area contributed by atoms with Crippen molar-refractivity contribution >= 4 is 23.6 Å². The quantitative estimate of drug-likeness (QED) is 0.167. The second-order valence-corrected chi connectivity index (χ2v) is 16.5.